The molecule has 0 saturated carbocycles. The van der Waals surface area contributed by atoms with Crippen molar-refractivity contribution in [2.75, 3.05) is 18.4 Å². The molecule has 0 aliphatic carbocycles. The van der Waals surface area contributed by atoms with Gasteiger partial charge in [-0.25, -0.2) is 0 Å². The molecule has 5 heteroatoms. The summed E-state index contributed by atoms with van der Waals surface area (Å²) >= 11 is 0. The maximum Gasteiger partial charge on any atom is 0.221 e. The number of amides is 1. The van der Waals surface area contributed by atoms with Gasteiger partial charge in [0, 0.05) is 31.9 Å². The smallest absolute Gasteiger partial charge is 0.221 e. The van der Waals surface area contributed by atoms with E-state index in [4.69, 9.17) is 0 Å². The Morgan fingerprint density at radius 1 is 1.35 bits per heavy atom. The van der Waals surface area contributed by atoms with Crippen LogP contribution in [0.25, 0.3) is 0 Å². The second-order valence-electron chi connectivity index (χ2n) is 6.41. The maximum absolute atomic E-state index is 11.1. The van der Waals surface area contributed by atoms with E-state index in [0.717, 1.165) is 25.3 Å². The molecule has 1 saturated heterocycles. The molecular formula is C18H24N4O. The van der Waals surface area contributed by atoms with Crippen molar-refractivity contribution < 1.29 is 4.79 Å². The Kier molecular flexibility index (Phi) is 4.76. The molecule has 3 rings (SSSR count). The molecule has 0 spiro atoms. The van der Waals surface area contributed by atoms with Crippen LogP contribution in [0, 0.1) is 6.92 Å². The fourth-order valence-electron chi connectivity index (χ4n) is 3.18. The Balaban J connectivity index is 1.60. The number of aromatic nitrogens is 2. The third-order valence-electron chi connectivity index (χ3n) is 4.27. The summed E-state index contributed by atoms with van der Waals surface area (Å²) in [5, 5.41) is 7.27. The maximum atomic E-state index is 11.1. The zero-order valence-electron chi connectivity index (χ0n) is 13.8. The first-order chi connectivity index (χ1) is 11.1. The molecule has 2 heterocycles. The molecule has 122 valence electrons. The molecule has 1 fully saturated rings. The van der Waals surface area contributed by atoms with E-state index in [9.17, 15) is 4.79 Å². The van der Waals surface area contributed by atoms with Gasteiger partial charge in [-0.15, -0.1) is 0 Å². The average molecular weight is 312 g/mol. The first-order valence-corrected chi connectivity index (χ1v) is 8.20. The van der Waals surface area contributed by atoms with Crippen molar-refractivity contribution in [3.63, 3.8) is 0 Å². The number of hydrogen-bond donors (Lipinski definition) is 1. The highest BCUT2D eigenvalue weighted by molar-refractivity contribution is 5.88. The van der Waals surface area contributed by atoms with Crippen molar-refractivity contribution in [3.8, 4) is 0 Å². The number of nitrogens with zero attached hydrogens (tertiary/aromatic N) is 3. The van der Waals surface area contributed by atoms with Crippen molar-refractivity contribution >= 4 is 11.6 Å². The Bertz CT molecular complexity index is 662. The Hall–Kier alpha value is -2.14. The second-order valence-corrected chi connectivity index (χ2v) is 6.41. The minimum atomic E-state index is -0.0360. The van der Waals surface area contributed by atoms with Crippen LogP contribution in [0.2, 0.25) is 0 Å². The van der Waals surface area contributed by atoms with Crippen LogP contribution in [-0.2, 0) is 11.3 Å². The quantitative estimate of drug-likeness (QED) is 0.944. The SMILES string of the molecule is CC(=O)Nc1ccc(CN2CCCC(n3cc(C)cn3)C2)cc1. The first-order valence-electron chi connectivity index (χ1n) is 8.20. The molecule has 1 aromatic carbocycles. The summed E-state index contributed by atoms with van der Waals surface area (Å²) in [6.45, 7) is 6.72. The number of carbonyl (C=O) groups excluding carboxylic acids is 1. The molecule has 1 aliphatic heterocycles. The molecule has 1 amide bonds. The lowest BCUT2D eigenvalue weighted by Gasteiger charge is -2.32. The predicted octanol–water partition coefficient (Wildman–Crippen LogP) is 2.99. The normalized spacial score (nSPS) is 18.8. The summed E-state index contributed by atoms with van der Waals surface area (Å²) < 4.78 is 2.11. The zero-order chi connectivity index (χ0) is 16.2. The molecule has 0 bridgehead atoms. The molecule has 23 heavy (non-hydrogen) atoms. The van der Waals surface area contributed by atoms with Gasteiger partial charge in [0.25, 0.3) is 0 Å². The number of nitrogens with one attached hydrogen (secondary N) is 1. The van der Waals surface area contributed by atoms with E-state index in [0.29, 0.717) is 6.04 Å². The molecule has 1 aliphatic rings. The number of likely N-dealkylation sites (tertiary alicyclic amines) is 1. The third kappa shape index (κ3) is 4.20. The van der Waals surface area contributed by atoms with Gasteiger partial charge in [0.2, 0.25) is 5.91 Å². The van der Waals surface area contributed by atoms with Crippen molar-refractivity contribution in [3.05, 3.63) is 47.8 Å². The molecule has 1 aromatic heterocycles. The van der Waals surface area contributed by atoms with Crippen LogP contribution in [0.4, 0.5) is 5.69 Å². The van der Waals surface area contributed by atoms with E-state index in [2.05, 4.69) is 45.3 Å². The van der Waals surface area contributed by atoms with Gasteiger partial charge in [-0.3, -0.25) is 14.4 Å². The fraction of sp³-hybridized carbons (Fsp3) is 0.444. The van der Waals surface area contributed by atoms with Gasteiger partial charge in [-0.05, 0) is 49.6 Å². The number of carbonyl (C=O) groups is 1. The number of aryl methyl sites for hydroxylation is 1. The van der Waals surface area contributed by atoms with Gasteiger partial charge in [-0.2, -0.15) is 5.10 Å². The van der Waals surface area contributed by atoms with Gasteiger partial charge in [0.15, 0.2) is 0 Å². The lowest BCUT2D eigenvalue weighted by atomic mass is 10.0. The number of piperidine rings is 1. The second kappa shape index (κ2) is 6.96. The number of rotatable bonds is 4. The summed E-state index contributed by atoms with van der Waals surface area (Å²) in [6.07, 6.45) is 6.46. The Morgan fingerprint density at radius 2 is 2.13 bits per heavy atom. The minimum absolute atomic E-state index is 0.0360. The summed E-state index contributed by atoms with van der Waals surface area (Å²) in [5.74, 6) is -0.0360. The van der Waals surface area contributed by atoms with Gasteiger partial charge in [-0.1, -0.05) is 12.1 Å². The Morgan fingerprint density at radius 3 is 2.78 bits per heavy atom. The minimum Gasteiger partial charge on any atom is -0.326 e. The summed E-state index contributed by atoms with van der Waals surface area (Å²) in [5.41, 5.74) is 3.34. The van der Waals surface area contributed by atoms with Crippen LogP contribution >= 0.6 is 0 Å². The topological polar surface area (TPSA) is 50.2 Å². The molecule has 1 atom stereocenters. The van der Waals surface area contributed by atoms with Gasteiger partial charge in [0.1, 0.15) is 0 Å². The molecular weight excluding hydrogens is 288 g/mol. The Labute approximate surface area is 137 Å². The highest BCUT2D eigenvalue weighted by Crippen LogP contribution is 2.23. The standard InChI is InChI=1S/C18H24N4O/c1-14-10-19-22(11-14)18-4-3-9-21(13-18)12-16-5-7-17(8-6-16)20-15(2)23/h5-8,10-11,18H,3-4,9,12-13H2,1-2H3,(H,20,23). The average Bonchev–Trinajstić information content (AvgIpc) is 2.96. The highest BCUT2D eigenvalue weighted by Gasteiger charge is 2.21. The molecule has 0 radical (unpaired) electrons. The lowest BCUT2D eigenvalue weighted by Crippen LogP contribution is -2.36. The van der Waals surface area contributed by atoms with Crippen LogP contribution in [0.15, 0.2) is 36.7 Å². The van der Waals surface area contributed by atoms with Crippen molar-refractivity contribution in [2.24, 2.45) is 0 Å². The summed E-state index contributed by atoms with van der Waals surface area (Å²) in [7, 11) is 0. The number of anilines is 1. The molecule has 2 aromatic rings. The van der Waals surface area contributed by atoms with E-state index < -0.39 is 0 Å². The molecule has 5 nitrogen and oxygen atoms in total. The van der Waals surface area contributed by atoms with Crippen LogP contribution in [0.1, 0.15) is 36.9 Å². The van der Waals surface area contributed by atoms with Crippen LogP contribution in [-0.4, -0.2) is 33.7 Å². The summed E-state index contributed by atoms with van der Waals surface area (Å²) in [6, 6.07) is 8.58. The van der Waals surface area contributed by atoms with Crippen LogP contribution in [0.3, 0.4) is 0 Å². The van der Waals surface area contributed by atoms with E-state index in [1.54, 1.807) is 0 Å². The van der Waals surface area contributed by atoms with E-state index in [1.165, 1.54) is 30.9 Å². The third-order valence-corrected chi connectivity index (χ3v) is 4.27. The monoisotopic (exact) mass is 312 g/mol. The van der Waals surface area contributed by atoms with Crippen molar-refractivity contribution in [1.82, 2.24) is 14.7 Å². The van der Waals surface area contributed by atoms with Crippen LogP contribution in [0.5, 0.6) is 0 Å². The van der Waals surface area contributed by atoms with Gasteiger partial charge in [0.05, 0.1) is 12.2 Å². The van der Waals surface area contributed by atoms with E-state index in [-0.39, 0.29) is 5.91 Å². The van der Waals surface area contributed by atoms with E-state index >= 15 is 0 Å². The van der Waals surface area contributed by atoms with Gasteiger partial charge < -0.3 is 5.32 Å². The fourth-order valence-corrected chi connectivity index (χ4v) is 3.18. The predicted molar refractivity (Wildman–Crippen MR) is 91.3 cm³/mol. The largest absolute Gasteiger partial charge is 0.326 e. The van der Waals surface area contributed by atoms with E-state index in [1.807, 2.05) is 18.3 Å². The molecule has 1 N–H and O–H groups in total. The van der Waals surface area contributed by atoms with Crippen molar-refractivity contribution in [1.29, 1.82) is 0 Å². The highest BCUT2D eigenvalue weighted by atomic mass is 16.1. The zero-order valence-corrected chi connectivity index (χ0v) is 13.8. The number of benzene rings is 1. The van der Waals surface area contributed by atoms with Crippen LogP contribution < -0.4 is 5.32 Å². The molecule has 1 unspecified atom stereocenters. The van der Waals surface area contributed by atoms with Gasteiger partial charge >= 0.3 is 0 Å². The van der Waals surface area contributed by atoms with Crippen molar-refractivity contribution in [2.45, 2.75) is 39.3 Å². The summed E-state index contributed by atoms with van der Waals surface area (Å²) in [4.78, 5) is 13.5. The first kappa shape index (κ1) is 15.7. The lowest BCUT2D eigenvalue weighted by molar-refractivity contribution is -0.114. The number of hydrogen-bond acceptors (Lipinski definition) is 3.